The van der Waals surface area contributed by atoms with Crippen molar-refractivity contribution < 1.29 is 9.90 Å². The molecule has 1 aromatic heterocycles. The van der Waals surface area contributed by atoms with E-state index < -0.39 is 5.91 Å². The molecule has 0 aliphatic heterocycles. The molecule has 0 unspecified atom stereocenters. The summed E-state index contributed by atoms with van der Waals surface area (Å²) in [6, 6.07) is 21.9. The van der Waals surface area contributed by atoms with Gasteiger partial charge in [-0.05, 0) is 40.2 Å². The maximum Gasteiger partial charge on any atom is 0.311 e. The Morgan fingerprint density at radius 1 is 1.10 bits per heavy atom. The quantitative estimate of drug-likeness (QED) is 0.306. The number of aromatic hydroxyl groups is 1. The minimum absolute atomic E-state index is 0.0414. The second-order valence-corrected chi connectivity index (χ2v) is 7.69. The number of rotatable bonds is 5. The average molecular weight is 497 g/mol. The molecule has 0 aliphatic carbocycles. The summed E-state index contributed by atoms with van der Waals surface area (Å²) < 4.78 is 2.02. The minimum atomic E-state index is -0.594. The number of benzene rings is 3. The van der Waals surface area contributed by atoms with Crippen LogP contribution in [-0.2, 0) is 0 Å². The Balaban J connectivity index is 1.63. The molecule has 0 atom stereocenters. The van der Waals surface area contributed by atoms with E-state index in [0.29, 0.717) is 20.9 Å². The fourth-order valence-electron chi connectivity index (χ4n) is 2.83. The molecule has 0 fully saturated rings. The molecular formula is C22H15BrClN5O2. The zero-order chi connectivity index (χ0) is 21.8. The zero-order valence-corrected chi connectivity index (χ0v) is 18.2. The molecule has 0 saturated carbocycles. The predicted molar refractivity (Wildman–Crippen MR) is 123 cm³/mol. The Kier molecular flexibility index (Phi) is 6.11. The lowest BCUT2D eigenvalue weighted by molar-refractivity contribution is 0.0945. The van der Waals surface area contributed by atoms with Gasteiger partial charge in [0.1, 0.15) is 5.75 Å². The van der Waals surface area contributed by atoms with Gasteiger partial charge in [-0.15, -0.1) is 5.10 Å². The number of hydrogen-bond donors (Lipinski definition) is 2. The number of hydrogen-bond acceptors (Lipinski definition) is 5. The smallest absolute Gasteiger partial charge is 0.311 e. The first-order chi connectivity index (χ1) is 15.0. The number of carbonyl (C=O) groups excluding carboxylic acids is 1. The SMILES string of the molecule is O=C(N/N=C/c1cc(Cl)cc(Br)c1O)c1nc(-c2ccccc2)n(-c2ccccc2)n1. The van der Waals surface area contributed by atoms with Crippen LogP contribution in [0.4, 0.5) is 0 Å². The van der Waals surface area contributed by atoms with Crippen LogP contribution in [0.5, 0.6) is 5.75 Å². The lowest BCUT2D eigenvalue weighted by atomic mass is 10.2. The minimum Gasteiger partial charge on any atom is -0.506 e. The highest BCUT2D eigenvalue weighted by Gasteiger charge is 2.18. The van der Waals surface area contributed by atoms with Crippen LogP contribution in [0.15, 0.2) is 82.4 Å². The monoisotopic (exact) mass is 495 g/mol. The van der Waals surface area contributed by atoms with Gasteiger partial charge in [0.2, 0.25) is 5.82 Å². The molecule has 0 saturated heterocycles. The van der Waals surface area contributed by atoms with E-state index in [1.807, 2.05) is 60.7 Å². The van der Waals surface area contributed by atoms with E-state index >= 15 is 0 Å². The molecule has 7 nitrogen and oxygen atoms in total. The summed E-state index contributed by atoms with van der Waals surface area (Å²) in [5.41, 5.74) is 4.30. The molecule has 0 radical (unpaired) electrons. The van der Waals surface area contributed by atoms with Crippen molar-refractivity contribution in [1.29, 1.82) is 0 Å². The molecule has 9 heteroatoms. The summed E-state index contributed by atoms with van der Waals surface area (Å²) in [6.45, 7) is 0. The molecule has 3 aromatic carbocycles. The standard InChI is InChI=1S/C22H15BrClN5O2/c23-18-12-16(24)11-15(19(18)30)13-25-27-22(31)20-26-21(14-7-3-1-4-8-14)29(28-20)17-9-5-2-6-10-17/h1-13,30H,(H,27,31)/b25-13+. The van der Waals surface area contributed by atoms with Crippen molar-refractivity contribution in [3.05, 3.63) is 93.7 Å². The lowest BCUT2D eigenvalue weighted by Gasteiger charge is -2.05. The van der Waals surface area contributed by atoms with Gasteiger partial charge in [-0.25, -0.2) is 15.1 Å². The number of hydrazone groups is 1. The van der Waals surface area contributed by atoms with Crippen molar-refractivity contribution in [2.75, 3.05) is 0 Å². The van der Waals surface area contributed by atoms with Gasteiger partial charge in [0.25, 0.3) is 0 Å². The molecule has 0 spiro atoms. The van der Waals surface area contributed by atoms with E-state index in [2.05, 4.69) is 36.5 Å². The van der Waals surface area contributed by atoms with Crippen LogP contribution >= 0.6 is 27.5 Å². The summed E-state index contributed by atoms with van der Waals surface area (Å²) in [6.07, 6.45) is 1.29. The van der Waals surface area contributed by atoms with Crippen molar-refractivity contribution >= 4 is 39.7 Å². The van der Waals surface area contributed by atoms with Crippen LogP contribution in [0.25, 0.3) is 17.1 Å². The van der Waals surface area contributed by atoms with E-state index in [-0.39, 0.29) is 11.6 Å². The van der Waals surface area contributed by atoms with E-state index in [9.17, 15) is 9.90 Å². The Hall–Kier alpha value is -3.49. The molecule has 4 aromatic rings. The summed E-state index contributed by atoms with van der Waals surface area (Å²) in [5.74, 6) is -0.155. The van der Waals surface area contributed by atoms with E-state index in [1.165, 1.54) is 12.3 Å². The summed E-state index contributed by atoms with van der Waals surface area (Å²) in [7, 11) is 0. The Morgan fingerprint density at radius 3 is 2.48 bits per heavy atom. The molecule has 4 rings (SSSR count). The lowest BCUT2D eigenvalue weighted by Crippen LogP contribution is -2.19. The van der Waals surface area contributed by atoms with Crippen LogP contribution in [0, 0.1) is 0 Å². The summed E-state index contributed by atoms with van der Waals surface area (Å²) >= 11 is 9.19. The van der Waals surface area contributed by atoms with Gasteiger partial charge in [0, 0.05) is 16.1 Å². The second kappa shape index (κ2) is 9.11. The molecule has 154 valence electrons. The number of aromatic nitrogens is 3. The van der Waals surface area contributed by atoms with Crippen LogP contribution in [0.1, 0.15) is 16.2 Å². The van der Waals surface area contributed by atoms with Crippen molar-refractivity contribution in [2.24, 2.45) is 5.10 Å². The number of amides is 1. The van der Waals surface area contributed by atoms with Crippen LogP contribution < -0.4 is 5.43 Å². The number of phenols is 1. The number of phenolic OH excluding ortho intramolecular Hbond substituents is 1. The third kappa shape index (κ3) is 4.65. The van der Waals surface area contributed by atoms with Crippen LogP contribution in [-0.4, -0.2) is 32.0 Å². The third-order valence-corrected chi connectivity index (χ3v) is 5.09. The highest BCUT2D eigenvalue weighted by Crippen LogP contribution is 2.30. The van der Waals surface area contributed by atoms with E-state index in [0.717, 1.165) is 11.3 Å². The number of nitrogens with one attached hydrogen (secondary N) is 1. The first-order valence-electron chi connectivity index (χ1n) is 9.12. The molecular weight excluding hydrogens is 482 g/mol. The first-order valence-corrected chi connectivity index (χ1v) is 10.3. The molecule has 1 amide bonds. The summed E-state index contributed by atoms with van der Waals surface area (Å²) in [4.78, 5) is 17.0. The topological polar surface area (TPSA) is 92.4 Å². The van der Waals surface area contributed by atoms with Gasteiger partial charge in [-0.3, -0.25) is 4.79 Å². The molecule has 0 aliphatic rings. The highest BCUT2D eigenvalue weighted by atomic mass is 79.9. The number of halogens is 2. The Morgan fingerprint density at radius 2 is 1.77 bits per heavy atom. The van der Waals surface area contributed by atoms with Gasteiger partial charge >= 0.3 is 5.91 Å². The normalized spacial score (nSPS) is 11.0. The van der Waals surface area contributed by atoms with E-state index in [1.54, 1.807) is 10.7 Å². The van der Waals surface area contributed by atoms with Crippen molar-refractivity contribution in [2.45, 2.75) is 0 Å². The first kappa shape index (κ1) is 20.8. The van der Waals surface area contributed by atoms with Gasteiger partial charge in [-0.2, -0.15) is 5.10 Å². The van der Waals surface area contributed by atoms with Crippen molar-refractivity contribution in [3.63, 3.8) is 0 Å². The van der Waals surface area contributed by atoms with Gasteiger partial charge < -0.3 is 5.11 Å². The molecule has 31 heavy (non-hydrogen) atoms. The van der Waals surface area contributed by atoms with Gasteiger partial charge in [-0.1, -0.05) is 60.1 Å². The number of carbonyl (C=O) groups is 1. The Labute approximate surface area is 191 Å². The fraction of sp³-hybridized carbons (Fsp3) is 0. The van der Waals surface area contributed by atoms with Crippen LogP contribution in [0.2, 0.25) is 5.02 Å². The maximum absolute atomic E-state index is 12.6. The number of para-hydroxylation sites is 1. The fourth-order valence-corrected chi connectivity index (χ4v) is 3.66. The average Bonchev–Trinajstić information content (AvgIpc) is 3.24. The second-order valence-electron chi connectivity index (χ2n) is 6.40. The maximum atomic E-state index is 12.6. The number of nitrogens with zero attached hydrogens (tertiary/aromatic N) is 4. The molecule has 0 bridgehead atoms. The Bertz CT molecular complexity index is 1200. The molecule has 2 N–H and O–H groups in total. The van der Waals surface area contributed by atoms with E-state index in [4.69, 9.17) is 11.6 Å². The third-order valence-electron chi connectivity index (χ3n) is 4.27. The largest absolute Gasteiger partial charge is 0.506 e. The molecule has 1 heterocycles. The zero-order valence-electron chi connectivity index (χ0n) is 15.9. The predicted octanol–water partition coefficient (Wildman–Crippen LogP) is 4.82. The highest BCUT2D eigenvalue weighted by molar-refractivity contribution is 9.10. The van der Waals surface area contributed by atoms with Crippen molar-refractivity contribution in [1.82, 2.24) is 20.2 Å². The summed E-state index contributed by atoms with van der Waals surface area (Å²) in [5, 5.41) is 18.7. The van der Waals surface area contributed by atoms with Crippen molar-refractivity contribution in [3.8, 4) is 22.8 Å². The van der Waals surface area contributed by atoms with Crippen LogP contribution in [0.3, 0.4) is 0 Å². The van der Waals surface area contributed by atoms with Gasteiger partial charge in [0.15, 0.2) is 5.82 Å². The van der Waals surface area contributed by atoms with Gasteiger partial charge in [0.05, 0.1) is 16.4 Å².